The normalized spacial score (nSPS) is 25.0. The molecule has 2 aliphatic heterocycles. The molecule has 1 saturated heterocycles. The van der Waals surface area contributed by atoms with Crippen LogP contribution in [0.25, 0.3) is 0 Å². The van der Waals surface area contributed by atoms with Crippen LogP contribution in [0, 0.1) is 0 Å². The number of aliphatic hydroxyl groups excluding tert-OH is 2. The number of aliphatic hydroxyl groups is 2. The van der Waals surface area contributed by atoms with Crippen molar-refractivity contribution in [3.63, 3.8) is 0 Å². The molecule has 1 saturated carbocycles. The third kappa shape index (κ3) is 4.36. The number of carbonyl (C=O) groups is 2. The number of fused-ring (bicyclic) bond motifs is 1. The van der Waals surface area contributed by atoms with E-state index in [2.05, 4.69) is 26.2 Å². The summed E-state index contributed by atoms with van der Waals surface area (Å²) < 4.78 is 7.93. The first kappa shape index (κ1) is 23.7. The maximum atomic E-state index is 13.4. The number of urea groups is 1. The van der Waals surface area contributed by atoms with Gasteiger partial charge in [-0.2, -0.15) is 0 Å². The van der Waals surface area contributed by atoms with Crippen LogP contribution in [0.4, 0.5) is 4.79 Å². The van der Waals surface area contributed by atoms with Crippen LogP contribution in [0.1, 0.15) is 31.7 Å². The minimum atomic E-state index is -0.809. The molecule has 10 nitrogen and oxygen atoms in total. The van der Waals surface area contributed by atoms with Crippen LogP contribution in [0.15, 0.2) is 27.7 Å². The highest BCUT2D eigenvalue weighted by atomic mass is 79.9. The first-order valence-corrected chi connectivity index (χ1v) is 11.9. The van der Waals surface area contributed by atoms with Crippen molar-refractivity contribution in [2.75, 3.05) is 26.8 Å². The first-order chi connectivity index (χ1) is 15.9. The van der Waals surface area contributed by atoms with E-state index in [0.29, 0.717) is 30.5 Å². The molecule has 4 rings (SSSR count). The number of nitrogens with one attached hydrogen (secondary N) is 1. The molecule has 0 bridgehead atoms. The fourth-order valence-electron chi connectivity index (χ4n) is 4.60. The van der Waals surface area contributed by atoms with Gasteiger partial charge in [0.25, 0.3) is 5.91 Å². The molecule has 2 heterocycles. The molecular formula is C22H29BrN5O5+. The van der Waals surface area contributed by atoms with Crippen LogP contribution in [-0.4, -0.2) is 93.3 Å². The number of β-amino-alcohol motifs (C(OH)–C–C–N with tert-alkyl or cyclic N) is 1. The van der Waals surface area contributed by atoms with E-state index in [9.17, 15) is 19.8 Å². The van der Waals surface area contributed by atoms with Gasteiger partial charge in [-0.15, -0.1) is 0 Å². The van der Waals surface area contributed by atoms with Gasteiger partial charge in [-0.25, -0.2) is 9.37 Å². The molecule has 3 atom stereocenters. The molecule has 3 unspecified atom stereocenters. The smallest absolute Gasteiger partial charge is 0.390 e. The largest absolute Gasteiger partial charge is 0.496 e. The lowest BCUT2D eigenvalue weighted by Gasteiger charge is -2.35. The molecule has 0 aromatic heterocycles. The molecule has 1 aliphatic carbocycles. The number of likely N-dealkylation sites (N-methyl/N-ethyl adjacent to an activating group) is 1. The van der Waals surface area contributed by atoms with Crippen LogP contribution in [0.3, 0.4) is 0 Å². The van der Waals surface area contributed by atoms with E-state index in [1.165, 1.54) is 9.80 Å². The monoisotopic (exact) mass is 522 g/mol. The first-order valence-electron chi connectivity index (χ1n) is 11.1. The Morgan fingerprint density at radius 2 is 2.09 bits per heavy atom. The molecule has 11 heteroatoms. The van der Waals surface area contributed by atoms with Crippen molar-refractivity contribution in [3.8, 4) is 5.75 Å². The number of hydrogen-bond donors (Lipinski definition) is 3. The minimum Gasteiger partial charge on any atom is -0.496 e. The summed E-state index contributed by atoms with van der Waals surface area (Å²) in [6, 6.07) is 4.19. The molecule has 3 N–H and O–H groups in total. The molecule has 0 spiro atoms. The highest BCUT2D eigenvalue weighted by Gasteiger charge is 2.53. The van der Waals surface area contributed by atoms with E-state index in [1.807, 2.05) is 22.8 Å². The van der Waals surface area contributed by atoms with Crippen LogP contribution in [0.2, 0.25) is 0 Å². The summed E-state index contributed by atoms with van der Waals surface area (Å²) in [6.07, 6.45) is 1.88. The number of ether oxygens (including phenoxy) is 1. The molecule has 3 aliphatic rings. The standard InChI is InChI=1S/C22H28BrN5O5/c1-3-26-20(31)18-19(27(9-10-29)22(26)32)25-21(24-15-5-4-6-16(15)30)28(18)12-13-7-8-17(33-2)14(23)11-13/h7-8,11,15-16,18,29-30H,3-6,9-10,12H2,1-2H3/p+1. The number of halogens is 1. The highest BCUT2D eigenvalue weighted by molar-refractivity contribution is 9.10. The Hall–Kier alpha value is -2.50. The Labute approximate surface area is 200 Å². The van der Waals surface area contributed by atoms with Gasteiger partial charge in [-0.1, -0.05) is 11.1 Å². The minimum absolute atomic E-state index is 0.0409. The second-order valence-corrected chi connectivity index (χ2v) is 9.14. The van der Waals surface area contributed by atoms with Crippen LogP contribution in [0.5, 0.6) is 5.75 Å². The van der Waals surface area contributed by atoms with E-state index in [4.69, 9.17) is 4.74 Å². The van der Waals surface area contributed by atoms with Gasteiger partial charge in [0.15, 0.2) is 0 Å². The number of hydrogen-bond acceptors (Lipinski definition) is 7. The molecule has 0 radical (unpaired) electrons. The zero-order chi connectivity index (χ0) is 23.7. The number of methoxy groups -OCH3 is 1. The highest BCUT2D eigenvalue weighted by Crippen LogP contribution is 2.28. The Morgan fingerprint density at radius 1 is 1.30 bits per heavy atom. The zero-order valence-electron chi connectivity index (χ0n) is 18.7. The summed E-state index contributed by atoms with van der Waals surface area (Å²) in [7, 11) is 1.59. The molecule has 3 amide bonds. The number of imide groups is 1. The van der Waals surface area contributed by atoms with Crippen molar-refractivity contribution in [1.29, 1.82) is 0 Å². The van der Waals surface area contributed by atoms with Crippen molar-refractivity contribution in [2.45, 2.75) is 50.9 Å². The van der Waals surface area contributed by atoms with Gasteiger partial charge in [0, 0.05) is 6.54 Å². The number of amides is 3. The molecule has 33 heavy (non-hydrogen) atoms. The van der Waals surface area contributed by atoms with Gasteiger partial charge in [-0.05, 0) is 59.8 Å². The fourth-order valence-corrected chi connectivity index (χ4v) is 5.18. The third-order valence-corrected chi connectivity index (χ3v) is 6.91. The topological polar surface area (TPSA) is 118 Å². The molecule has 1 aromatic carbocycles. The van der Waals surface area contributed by atoms with Crippen molar-refractivity contribution < 1.29 is 29.1 Å². The van der Waals surface area contributed by atoms with E-state index in [1.54, 1.807) is 14.0 Å². The Balaban J connectivity index is 1.75. The van der Waals surface area contributed by atoms with E-state index >= 15 is 0 Å². The fraction of sp³-hybridized carbons (Fsp3) is 0.545. The van der Waals surface area contributed by atoms with Crippen molar-refractivity contribution >= 4 is 39.7 Å². The van der Waals surface area contributed by atoms with Gasteiger partial charge in [0.05, 0.1) is 37.4 Å². The Kier molecular flexibility index (Phi) is 7.01. The number of aliphatic imine (C=N–C) groups is 1. The molecule has 1 aromatic rings. The maximum Gasteiger partial charge on any atom is 0.390 e. The van der Waals surface area contributed by atoms with Crippen LogP contribution >= 0.6 is 15.9 Å². The van der Waals surface area contributed by atoms with Crippen LogP contribution in [-0.2, 0) is 11.3 Å². The van der Waals surface area contributed by atoms with Gasteiger partial charge >= 0.3 is 12.0 Å². The van der Waals surface area contributed by atoms with E-state index in [0.717, 1.165) is 22.9 Å². The summed E-state index contributed by atoms with van der Waals surface area (Å²) in [5.41, 5.74) is 0.909. The second kappa shape index (κ2) is 9.78. The lowest BCUT2D eigenvalue weighted by atomic mass is 10.1. The Morgan fingerprint density at radius 3 is 2.70 bits per heavy atom. The van der Waals surface area contributed by atoms with E-state index < -0.39 is 18.2 Å². The van der Waals surface area contributed by atoms with E-state index in [-0.39, 0.29) is 31.6 Å². The Bertz CT molecular complexity index is 1010. The SMILES string of the molecule is CCN1C(=O)C2C(=NC(NC3CCCC3O)=[N+]2Cc2ccc(OC)c(Br)c2)N(CCO)C1=O. The summed E-state index contributed by atoms with van der Waals surface area (Å²) in [5.74, 6) is 1.08. The quantitative estimate of drug-likeness (QED) is 0.457. The summed E-state index contributed by atoms with van der Waals surface area (Å²) in [4.78, 5) is 33.5. The summed E-state index contributed by atoms with van der Waals surface area (Å²) in [5, 5.41) is 23.2. The summed E-state index contributed by atoms with van der Waals surface area (Å²) in [6.45, 7) is 2.09. The molecular weight excluding hydrogens is 494 g/mol. The average Bonchev–Trinajstić information content (AvgIpc) is 3.35. The predicted octanol–water partition coefficient (Wildman–Crippen LogP) is 0.886. The van der Waals surface area contributed by atoms with Gasteiger partial charge in [0.1, 0.15) is 11.8 Å². The summed E-state index contributed by atoms with van der Waals surface area (Å²) >= 11 is 3.51. The predicted molar refractivity (Wildman–Crippen MR) is 124 cm³/mol. The van der Waals surface area contributed by atoms with Gasteiger partial charge < -0.3 is 14.9 Å². The number of rotatable bonds is 7. The van der Waals surface area contributed by atoms with Crippen LogP contribution < -0.4 is 10.1 Å². The number of guanidine groups is 1. The zero-order valence-corrected chi connectivity index (χ0v) is 20.3. The molecule has 2 fully saturated rings. The van der Waals surface area contributed by atoms with Crippen molar-refractivity contribution in [2.24, 2.45) is 4.99 Å². The number of benzene rings is 1. The number of nitrogens with zero attached hydrogens (tertiary/aromatic N) is 4. The maximum absolute atomic E-state index is 13.4. The van der Waals surface area contributed by atoms with Gasteiger partial charge in [-0.3, -0.25) is 19.9 Å². The van der Waals surface area contributed by atoms with Crippen molar-refractivity contribution in [1.82, 2.24) is 15.1 Å². The van der Waals surface area contributed by atoms with Gasteiger partial charge in [0.2, 0.25) is 11.9 Å². The molecule has 178 valence electrons. The number of carbonyl (C=O) groups excluding carboxylic acids is 2. The second-order valence-electron chi connectivity index (χ2n) is 8.28. The van der Waals surface area contributed by atoms with Crippen molar-refractivity contribution in [3.05, 3.63) is 28.2 Å². The lowest BCUT2D eigenvalue weighted by Crippen LogP contribution is -2.64. The number of amidine groups is 1. The lowest BCUT2D eigenvalue weighted by molar-refractivity contribution is -0.553. The average molecular weight is 523 g/mol. The third-order valence-electron chi connectivity index (χ3n) is 6.29.